The van der Waals surface area contributed by atoms with E-state index in [1.54, 1.807) is 6.92 Å². The molecule has 6 nitrogen and oxygen atoms in total. The first kappa shape index (κ1) is 15.7. The first-order valence-electron chi connectivity index (χ1n) is 6.16. The molecule has 0 heterocycles. The van der Waals surface area contributed by atoms with Gasteiger partial charge in [-0.2, -0.15) is 5.10 Å². The van der Waals surface area contributed by atoms with Crippen molar-refractivity contribution in [1.29, 1.82) is 0 Å². The van der Waals surface area contributed by atoms with Gasteiger partial charge in [-0.05, 0) is 38.0 Å². The molecule has 1 aromatic rings. The number of hydrogen-bond donors (Lipinski definition) is 2. The minimum absolute atomic E-state index is 0.0946. The molecule has 1 aromatic carbocycles. The summed E-state index contributed by atoms with van der Waals surface area (Å²) in [6, 6.07) is 5.84. The summed E-state index contributed by atoms with van der Waals surface area (Å²) in [7, 11) is 1.24. The molecule has 20 heavy (non-hydrogen) atoms. The maximum Gasteiger partial charge on any atom is 0.427 e. The van der Waals surface area contributed by atoms with E-state index in [1.165, 1.54) is 7.11 Å². The Morgan fingerprint density at radius 3 is 2.65 bits per heavy atom. The summed E-state index contributed by atoms with van der Waals surface area (Å²) in [6.45, 7) is 5.54. The second-order valence-electron chi connectivity index (χ2n) is 4.49. The van der Waals surface area contributed by atoms with E-state index in [4.69, 9.17) is 0 Å². The fourth-order valence-electron chi connectivity index (χ4n) is 1.52. The molecular weight excluding hydrogens is 258 g/mol. The summed E-state index contributed by atoms with van der Waals surface area (Å²) in [4.78, 5) is 22.7. The van der Waals surface area contributed by atoms with Crippen molar-refractivity contribution in [3.63, 3.8) is 0 Å². The normalized spacial score (nSPS) is 10.9. The predicted molar refractivity (Wildman–Crippen MR) is 77.8 cm³/mol. The van der Waals surface area contributed by atoms with Crippen molar-refractivity contribution in [2.24, 2.45) is 5.10 Å². The summed E-state index contributed by atoms with van der Waals surface area (Å²) < 4.78 is 4.37. The van der Waals surface area contributed by atoms with E-state index in [0.717, 1.165) is 16.8 Å². The van der Waals surface area contributed by atoms with E-state index >= 15 is 0 Å². The van der Waals surface area contributed by atoms with E-state index in [2.05, 4.69) is 20.6 Å². The smallest absolute Gasteiger partial charge is 0.427 e. The summed E-state index contributed by atoms with van der Waals surface area (Å²) in [5.41, 5.74) is 5.50. The zero-order valence-corrected chi connectivity index (χ0v) is 12.1. The van der Waals surface area contributed by atoms with Gasteiger partial charge in [-0.3, -0.25) is 4.79 Å². The molecule has 1 rings (SSSR count). The Kier molecular flexibility index (Phi) is 5.71. The third-order valence-electron chi connectivity index (χ3n) is 2.61. The Morgan fingerprint density at radius 1 is 1.30 bits per heavy atom. The van der Waals surface area contributed by atoms with Crippen LogP contribution in [-0.2, 0) is 9.53 Å². The summed E-state index contributed by atoms with van der Waals surface area (Å²) >= 11 is 0. The molecule has 6 heteroatoms. The van der Waals surface area contributed by atoms with Gasteiger partial charge in [0.25, 0.3) is 0 Å². The summed E-state index contributed by atoms with van der Waals surface area (Å²) in [5.74, 6) is -0.188. The number of anilines is 1. The Bertz CT molecular complexity index is 538. The van der Waals surface area contributed by atoms with Crippen molar-refractivity contribution in [2.75, 3.05) is 12.4 Å². The predicted octanol–water partition coefficient (Wildman–Crippen LogP) is 2.36. The molecule has 108 valence electrons. The third-order valence-corrected chi connectivity index (χ3v) is 2.61. The first-order chi connectivity index (χ1) is 9.42. The highest BCUT2D eigenvalue weighted by atomic mass is 16.5. The molecule has 0 aromatic heterocycles. The SMILES string of the molecule is COC(=O)N/N=C(/C)CC(=O)Nc1cc(C)ccc1C. The van der Waals surface area contributed by atoms with Gasteiger partial charge >= 0.3 is 6.09 Å². The number of hydrazone groups is 1. The number of nitrogens with zero attached hydrogens (tertiary/aromatic N) is 1. The second-order valence-corrected chi connectivity index (χ2v) is 4.49. The zero-order valence-electron chi connectivity index (χ0n) is 12.1. The van der Waals surface area contributed by atoms with Gasteiger partial charge in [0.2, 0.25) is 5.91 Å². The molecule has 0 spiro atoms. The molecule has 0 aliphatic heterocycles. The molecule has 0 fully saturated rings. The monoisotopic (exact) mass is 277 g/mol. The number of carbonyl (C=O) groups is 2. The second kappa shape index (κ2) is 7.28. The van der Waals surface area contributed by atoms with Crippen molar-refractivity contribution < 1.29 is 14.3 Å². The maximum atomic E-state index is 11.9. The Labute approximate surface area is 118 Å². The van der Waals surface area contributed by atoms with Crippen LogP contribution in [0.25, 0.3) is 0 Å². The van der Waals surface area contributed by atoms with Gasteiger partial charge in [0.05, 0.1) is 13.5 Å². The van der Waals surface area contributed by atoms with Crippen LogP contribution in [0.3, 0.4) is 0 Å². The fourth-order valence-corrected chi connectivity index (χ4v) is 1.52. The lowest BCUT2D eigenvalue weighted by molar-refractivity contribution is -0.115. The highest BCUT2D eigenvalue weighted by molar-refractivity contribution is 6.05. The number of carbonyl (C=O) groups excluding carboxylic acids is 2. The van der Waals surface area contributed by atoms with Crippen LogP contribution in [0.1, 0.15) is 24.5 Å². The van der Waals surface area contributed by atoms with Gasteiger partial charge < -0.3 is 10.1 Å². The molecule has 2 amide bonds. The maximum absolute atomic E-state index is 11.9. The quantitative estimate of drug-likeness (QED) is 0.655. The highest BCUT2D eigenvalue weighted by Gasteiger charge is 2.07. The fraction of sp³-hybridized carbons (Fsp3) is 0.357. The number of amides is 2. The molecule has 0 aliphatic carbocycles. The number of aryl methyl sites for hydroxylation is 2. The topological polar surface area (TPSA) is 79.8 Å². The van der Waals surface area contributed by atoms with E-state index in [0.29, 0.717) is 5.71 Å². The number of nitrogens with one attached hydrogen (secondary N) is 2. The standard InChI is InChI=1S/C14H19N3O3/c1-9-5-6-10(2)12(7-9)15-13(18)8-11(3)16-17-14(19)20-4/h5-7H,8H2,1-4H3,(H,15,18)(H,17,19)/b16-11-. The summed E-state index contributed by atoms with van der Waals surface area (Å²) in [5, 5.41) is 6.57. The minimum Gasteiger partial charge on any atom is -0.452 e. The van der Waals surface area contributed by atoms with Crippen molar-refractivity contribution in [1.82, 2.24) is 5.43 Å². The molecule has 0 saturated carbocycles. The van der Waals surface area contributed by atoms with Crippen LogP contribution in [0.4, 0.5) is 10.5 Å². The van der Waals surface area contributed by atoms with Gasteiger partial charge in [-0.25, -0.2) is 10.2 Å². The number of benzene rings is 1. The Morgan fingerprint density at radius 2 is 2.00 bits per heavy atom. The third kappa shape index (κ3) is 5.09. The molecule has 0 unspecified atom stereocenters. The molecule has 0 radical (unpaired) electrons. The number of hydrogen-bond acceptors (Lipinski definition) is 4. The highest BCUT2D eigenvalue weighted by Crippen LogP contribution is 2.16. The number of ether oxygens (including phenoxy) is 1. The van der Waals surface area contributed by atoms with Gasteiger partial charge in [-0.1, -0.05) is 12.1 Å². The first-order valence-corrected chi connectivity index (χ1v) is 6.16. The Hall–Kier alpha value is -2.37. The molecular formula is C14H19N3O3. The van der Waals surface area contributed by atoms with Crippen LogP contribution in [0.5, 0.6) is 0 Å². The lowest BCUT2D eigenvalue weighted by Crippen LogP contribution is -2.21. The van der Waals surface area contributed by atoms with Crippen molar-refractivity contribution in [2.45, 2.75) is 27.2 Å². The molecule has 0 atom stereocenters. The average molecular weight is 277 g/mol. The largest absolute Gasteiger partial charge is 0.452 e. The van der Waals surface area contributed by atoms with E-state index < -0.39 is 6.09 Å². The average Bonchev–Trinajstić information content (AvgIpc) is 2.40. The van der Waals surface area contributed by atoms with Crippen LogP contribution in [0, 0.1) is 13.8 Å². The summed E-state index contributed by atoms with van der Waals surface area (Å²) in [6.07, 6.45) is -0.573. The number of rotatable bonds is 4. The van der Waals surface area contributed by atoms with Crippen LogP contribution < -0.4 is 10.7 Å². The van der Waals surface area contributed by atoms with Crippen LogP contribution in [0.2, 0.25) is 0 Å². The van der Waals surface area contributed by atoms with Gasteiger partial charge in [-0.15, -0.1) is 0 Å². The molecule has 0 saturated heterocycles. The van der Waals surface area contributed by atoms with Crippen LogP contribution >= 0.6 is 0 Å². The molecule has 2 N–H and O–H groups in total. The molecule has 0 bridgehead atoms. The van der Waals surface area contributed by atoms with Crippen molar-refractivity contribution >= 4 is 23.4 Å². The van der Waals surface area contributed by atoms with Crippen LogP contribution in [-0.4, -0.2) is 24.8 Å². The van der Waals surface area contributed by atoms with Crippen molar-refractivity contribution in [3.8, 4) is 0 Å². The molecule has 0 aliphatic rings. The van der Waals surface area contributed by atoms with E-state index in [1.807, 2.05) is 32.0 Å². The van der Waals surface area contributed by atoms with Gasteiger partial charge in [0.1, 0.15) is 0 Å². The van der Waals surface area contributed by atoms with Crippen LogP contribution in [0.15, 0.2) is 23.3 Å². The van der Waals surface area contributed by atoms with Crippen molar-refractivity contribution in [3.05, 3.63) is 29.3 Å². The van der Waals surface area contributed by atoms with E-state index in [-0.39, 0.29) is 12.3 Å². The lowest BCUT2D eigenvalue weighted by atomic mass is 10.1. The Balaban J connectivity index is 2.59. The van der Waals surface area contributed by atoms with Gasteiger partial charge in [0.15, 0.2) is 0 Å². The lowest BCUT2D eigenvalue weighted by Gasteiger charge is -2.09. The zero-order chi connectivity index (χ0) is 15.1. The minimum atomic E-state index is -0.667. The number of methoxy groups -OCH3 is 1. The van der Waals surface area contributed by atoms with Gasteiger partial charge in [0, 0.05) is 11.4 Å². The van der Waals surface area contributed by atoms with E-state index in [9.17, 15) is 9.59 Å².